The second kappa shape index (κ2) is 12.6. The number of aromatic carboxylic acids is 1. The summed E-state index contributed by atoms with van der Waals surface area (Å²) in [6, 6.07) is 14.6. The summed E-state index contributed by atoms with van der Waals surface area (Å²) >= 11 is 0. The Balaban J connectivity index is 0.000000675. The number of carbonyl (C=O) groups is 3. The fraction of sp³-hybridized carbons (Fsp3) is 0.348. The highest BCUT2D eigenvalue weighted by molar-refractivity contribution is 5.91. The summed E-state index contributed by atoms with van der Waals surface area (Å²) in [5, 5.41) is 22.2. The number of alkyl halides is 3. The number of carboxylic acid groups (broad SMARTS) is 2. The summed E-state index contributed by atoms with van der Waals surface area (Å²) in [7, 11) is 0. The molecule has 0 saturated carbocycles. The van der Waals surface area contributed by atoms with Gasteiger partial charge in [0.1, 0.15) is 0 Å². The molecule has 2 aromatic rings. The monoisotopic (exact) mass is 468 g/mol. The molecule has 0 bridgehead atoms. The number of rotatable bonds is 8. The van der Waals surface area contributed by atoms with Gasteiger partial charge in [-0.05, 0) is 48.2 Å². The molecule has 0 radical (unpaired) electrons. The second-order valence-electron chi connectivity index (χ2n) is 7.62. The molecule has 4 N–H and O–H groups in total. The zero-order valence-electron chi connectivity index (χ0n) is 18.4. The zero-order chi connectivity index (χ0) is 25.2. The lowest BCUT2D eigenvalue weighted by Gasteiger charge is -2.14. The Morgan fingerprint density at radius 1 is 0.909 bits per heavy atom. The van der Waals surface area contributed by atoms with E-state index in [9.17, 15) is 22.8 Å². The van der Waals surface area contributed by atoms with E-state index in [0.717, 1.165) is 11.3 Å². The van der Waals surface area contributed by atoms with Crippen molar-refractivity contribution in [2.75, 3.05) is 5.32 Å². The number of halogens is 3. The molecular formula is C23H27F3N2O5. The predicted octanol–water partition coefficient (Wildman–Crippen LogP) is 4.65. The van der Waals surface area contributed by atoms with Crippen molar-refractivity contribution in [3.8, 4) is 0 Å². The fourth-order valence-corrected chi connectivity index (χ4v) is 2.57. The van der Waals surface area contributed by atoms with E-state index < -0.39 is 18.1 Å². The number of aliphatic carboxylic acids is 1. The molecule has 0 aromatic heterocycles. The van der Waals surface area contributed by atoms with Crippen LogP contribution in [0.25, 0.3) is 0 Å². The van der Waals surface area contributed by atoms with Crippen molar-refractivity contribution < 1.29 is 37.8 Å². The Morgan fingerprint density at radius 3 is 1.85 bits per heavy atom. The maximum absolute atomic E-state index is 12.2. The largest absolute Gasteiger partial charge is 0.490 e. The lowest BCUT2D eigenvalue weighted by atomic mass is 10.0. The van der Waals surface area contributed by atoms with Gasteiger partial charge < -0.3 is 20.8 Å². The molecule has 7 nitrogen and oxygen atoms in total. The van der Waals surface area contributed by atoms with Gasteiger partial charge in [-0.3, -0.25) is 4.79 Å². The Labute approximate surface area is 189 Å². The number of amides is 1. The molecule has 1 unspecified atom stereocenters. The number of nitrogens with one attached hydrogen (secondary N) is 2. The molecule has 180 valence electrons. The van der Waals surface area contributed by atoms with Gasteiger partial charge >= 0.3 is 18.1 Å². The van der Waals surface area contributed by atoms with Crippen LogP contribution in [0, 0.1) is 0 Å². The van der Waals surface area contributed by atoms with Crippen LogP contribution in [0.15, 0.2) is 48.5 Å². The molecular weight excluding hydrogens is 441 g/mol. The zero-order valence-corrected chi connectivity index (χ0v) is 18.4. The topological polar surface area (TPSA) is 116 Å². The first-order chi connectivity index (χ1) is 15.3. The van der Waals surface area contributed by atoms with Crippen LogP contribution < -0.4 is 10.6 Å². The minimum absolute atomic E-state index is 0.00378. The Kier molecular flexibility index (Phi) is 10.5. The molecule has 0 aliphatic rings. The number of hydrogen-bond donors (Lipinski definition) is 4. The van der Waals surface area contributed by atoms with E-state index in [1.54, 1.807) is 24.3 Å². The first-order valence-electron chi connectivity index (χ1n) is 10.0. The van der Waals surface area contributed by atoms with Crippen molar-refractivity contribution in [1.82, 2.24) is 5.32 Å². The SMILES string of the molecule is CC(CC(=O)Nc1ccc(C(C)C)cc1)NCc1ccc(C(=O)O)cc1.O=C(O)C(F)(F)F. The molecule has 0 spiro atoms. The fourth-order valence-electron chi connectivity index (χ4n) is 2.57. The van der Waals surface area contributed by atoms with Crippen LogP contribution in [-0.4, -0.2) is 40.3 Å². The van der Waals surface area contributed by atoms with E-state index in [2.05, 4.69) is 24.5 Å². The number of hydrogen-bond acceptors (Lipinski definition) is 4. The van der Waals surface area contributed by atoms with E-state index in [0.29, 0.717) is 18.9 Å². The van der Waals surface area contributed by atoms with Gasteiger partial charge in [0.2, 0.25) is 5.91 Å². The first kappa shape index (κ1) is 27.6. The highest BCUT2D eigenvalue weighted by Crippen LogP contribution is 2.17. The van der Waals surface area contributed by atoms with Crippen LogP contribution in [0.5, 0.6) is 0 Å². The smallest absolute Gasteiger partial charge is 0.478 e. The Morgan fingerprint density at radius 2 is 1.42 bits per heavy atom. The van der Waals surface area contributed by atoms with E-state index in [1.807, 2.05) is 31.2 Å². The van der Waals surface area contributed by atoms with Gasteiger partial charge in [0.15, 0.2) is 0 Å². The van der Waals surface area contributed by atoms with Crippen molar-refractivity contribution in [3.63, 3.8) is 0 Å². The van der Waals surface area contributed by atoms with Gasteiger partial charge in [-0.15, -0.1) is 0 Å². The Bertz CT molecular complexity index is 927. The second-order valence-corrected chi connectivity index (χ2v) is 7.62. The minimum Gasteiger partial charge on any atom is -0.478 e. The van der Waals surface area contributed by atoms with Crippen molar-refractivity contribution in [1.29, 1.82) is 0 Å². The van der Waals surface area contributed by atoms with Crippen LogP contribution in [0.2, 0.25) is 0 Å². The van der Waals surface area contributed by atoms with Crippen LogP contribution in [-0.2, 0) is 16.1 Å². The van der Waals surface area contributed by atoms with Gasteiger partial charge in [0.25, 0.3) is 0 Å². The molecule has 2 aromatic carbocycles. The van der Waals surface area contributed by atoms with Gasteiger partial charge in [0, 0.05) is 24.7 Å². The van der Waals surface area contributed by atoms with Crippen molar-refractivity contribution in [3.05, 3.63) is 65.2 Å². The molecule has 1 atom stereocenters. The standard InChI is InChI=1S/C21H26N2O3.C2HF3O2/c1-14(2)17-8-10-19(11-9-17)23-20(24)12-15(3)22-13-16-4-6-18(7-5-16)21(25)26;3-2(4,5)1(6)7/h4-11,14-15,22H,12-13H2,1-3H3,(H,23,24)(H,25,26);(H,6,7). The summed E-state index contributed by atoms with van der Waals surface area (Å²) < 4.78 is 31.7. The molecule has 0 fully saturated rings. The van der Waals surface area contributed by atoms with Crippen molar-refractivity contribution in [2.24, 2.45) is 0 Å². The quantitative estimate of drug-likeness (QED) is 0.448. The molecule has 0 heterocycles. The highest BCUT2D eigenvalue weighted by atomic mass is 19.4. The average Bonchev–Trinajstić information content (AvgIpc) is 2.72. The average molecular weight is 468 g/mol. The van der Waals surface area contributed by atoms with Crippen LogP contribution >= 0.6 is 0 Å². The van der Waals surface area contributed by atoms with Gasteiger partial charge in [-0.1, -0.05) is 38.1 Å². The van der Waals surface area contributed by atoms with Crippen molar-refractivity contribution in [2.45, 2.75) is 51.9 Å². The molecule has 2 rings (SSSR count). The molecule has 0 saturated heterocycles. The summed E-state index contributed by atoms with van der Waals surface area (Å²) in [6.07, 6.45) is -4.72. The summed E-state index contributed by atoms with van der Waals surface area (Å²) in [4.78, 5) is 31.9. The van der Waals surface area contributed by atoms with Crippen LogP contribution in [0.4, 0.5) is 18.9 Å². The molecule has 0 aliphatic carbocycles. The molecule has 33 heavy (non-hydrogen) atoms. The third-order valence-electron chi connectivity index (χ3n) is 4.45. The molecule has 1 amide bonds. The third-order valence-corrected chi connectivity index (χ3v) is 4.45. The number of benzene rings is 2. The normalized spacial score (nSPS) is 11.8. The molecule has 0 aliphatic heterocycles. The van der Waals surface area contributed by atoms with Crippen LogP contribution in [0.1, 0.15) is 54.6 Å². The van der Waals surface area contributed by atoms with Gasteiger partial charge in [-0.2, -0.15) is 13.2 Å². The van der Waals surface area contributed by atoms with Gasteiger partial charge in [-0.25, -0.2) is 9.59 Å². The Hall–Kier alpha value is -3.40. The third kappa shape index (κ3) is 10.6. The number of anilines is 1. The number of carbonyl (C=O) groups excluding carboxylic acids is 1. The summed E-state index contributed by atoms with van der Waals surface area (Å²) in [5.41, 5.74) is 3.29. The summed E-state index contributed by atoms with van der Waals surface area (Å²) in [5.74, 6) is -3.26. The predicted molar refractivity (Wildman–Crippen MR) is 117 cm³/mol. The van der Waals surface area contributed by atoms with E-state index in [4.69, 9.17) is 15.0 Å². The van der Waals surface area contributed by atoms with Gasteiger partial charge in [0.05, 0.1) is 5.56 Å². The summed E-state index contributed by atoms with van der Waals surface area (Å²) in [6.45, 7) is 6.80. The minimum atomic E-state index is -5.08. The lowest BCUT2D eigenvalue weighted by molar-refractivity contribution is -0.192. The maximum atomic E-state index is 12.2. The van der Waals surface area contributed by atoms with Crippen LogP contribution in [0.3, 0.4) is 0 Å². The maximum Gasteiger partial charge on any atom is 0.490 e. The first-order valence-corrected chi connectivity index (χ1v) is 10.0. The van der Waals surface area contributed by atoms with E-state index in [-0.39, 0.29) is 17.5 Å². The van der Waals surface area contributed by atoms with E-state index in [1.165, 1.54) is 5.56 Å². The van der Waals surface area contributed by atoms with Crippen molar-refractivity contribution >= 4 is 23.5 Å². The number of carboxylic acids is 2. The molecule has 10 heteroatoms. The lowest BCUT2D eigenvalue weighted by Crippen LogP contribution is -2.30. The highest BCUT2D eigenvalue weighted by Gasteiger charge is 2.38. The van der Waals surface area contributed by atoms with E-state index >= 15 is 0 Å².